The van der Waals surface area contributed by atoms with Crippen molar-refractivity contribution in [1.82, 2.24) is 0 Å². The molecule has 2 heterocycles. The van der Waals surface area contributed by atoms with E-state index >= 15 is 0 Å². The Morgan fingerprint density at radius 2 is 1.21 bits per heavy atom. The summed E-state index contributed by atoms with van der Waals surface area (Å²) in [5.41, 5.74) is 11.8. The molecule has 3 heteroatoms. The van der Waals surface area contributed by atoms with Gasteiger partial charge in [0.15, 0.2) is 0 Å². The Kier molecular flexibility index (Phi) is 6.53. The summed E-state index contributed by atoms with van der Waals surface area (Å²) < 4.78 is 5.33. The van der Waals surface area contributed by atoms with Gasteiger partial charge < -0.3 is 4.90 Å². The van der Waals surface area contributed by atoms with E-state index in [1.807, 2.05) is 22.7 Å². The van der Waals surface area contributed by atoms with E-state index in [0.717, 1.165) is 18.5 Å². The van der Waals surface area contributed by atoms with Gasteiger partial charge in [-0.1, -0.05) is 104 Å². The molecule has 0 aliphatic heterocycles. The number of hydrogen-bond donors (Lipinski definition) is 0. The fraction of sp³-hybridized carbons (Fsp3) is 0.102. The standard InChI is InChI=1S/C49H35NS2/c1-49(2)42-13-7-5-11-37(42)39-28-34(21-23-43(39)49)50(35-22-26-45-40(29-35)38-12-6-8-14-44(38)51-45)33-19-15-30(16-20-33)32-18-24-46-41(27-32)48-36-10-4-3-9-31(36)17-25-47(48)52-46/h3-6,8-12,14-29H,7,13H2,1-2H3. The molecule has 0 amide bonds. The van der Waals surface area contributed by atoms with Gasteiger partial charge in [0.05, 0.1) is 0 Å². The number of nitrogens with zero attached hydrogens (tertiary/aromatic N) is 1. The van der Waals surface area contributed by atoms with Gasteiger partial charge >= 0.3 is 0 Å². The van der Waals surface area contributed by atoms with Crippen LogP contribution < -0.4 is 4.90 Å². The van der Waals surface area contributed by atoms with Crippen molar-refractivity contribution in [2.24, 2.45) is 0 Å². The Hall–Kier alpha value is -5.48. The molecule has 0 saturated heterocycles. The molecule has 0 N–H and O–H groups in total. The zero-order valence-electron chi connectivity index (χ0n) is 29.1. The van der Waals surface area contributed by atoms with Crippen LogP contribution >= 0.6 is 22.7 Å². The molecule has 0 bridgehead atoms. The average molecular weight is 702 g/mol. The fourth-order valence-corrected chi connectivity index (χ4v) is 11.2. The lowest BCUT2D eigenvalue weighted by molar-refractivity contribution is 0.607. The van der Waals surface area contributed by atoms with Gasteiger partial charge in [-0.15, -0.1) is 22.7 Å². The van der Waals surface area contributed by atoms with Crippen molar-refractivity contribution in [2.45, 2.75) is 32.1 Å². The van der Waals surface area contributed by atoms with Crippen LogP contribution in [0.2, 0.25) is 0 Å². The number of allylic oxidation sites excluding steroid dienone is 4. The van der Waals surface area contributed by atoms with E-state index in [4.69, 9.17) is 0 Å². The fourth-order valence-electron chi connectivity index (χ4n) is 9.00. The highest BCUT2D eigenvalue weighted by atomic mass is 32.1. The average Bonchev–Trinajstić information content (AvgIpc) is 3.83. The van der Waals surface area contributed by atoms with E-state index in [0.29, 0.717) is 0 Å². The molecule has 7 aromatic carbocycles. The Balaban J connectivity index is 1.06. The summed E-state index contributed by atoms with van der Waals surface area (Å²) in [5, 5.41) is 7.95. The Morgan fingerprint density at radius 1 is 0.538 bits per heavy atom. The summed E-state index contributed by atoms with van der Waals surface area (Å²) in [6.07, 6.45) is 6.98. The Labute approximate surface area is 311 Å². The monoisotopic (exact) mass is 701 g/mol. The molecule has 0 unspecified atom stereocenters. The van der Waals surface area contributed by atoms with Crippen molar-refractivity contribution in [3.8, 4) is 11.1 Å². The van der Waals surface area contributed by atoms with Crippen molar-refractivity contribution >= 4 is 96.4 Å². The summed E-state index contributed by atoms with van der Waals surface area (Å²) in [6.45, 7) is 4.80. The van der Waals surface area contributed by atoms with Crippen LogP contribution in [-0.4, -0.2) is 0 Å². The predicted octanol–water partition coefficient (Wildman–Crippen LogP) is 15.1. The highest BCUT2D eigenvalue weighted by molar-refractivity contribution is 7.26. The third-order valence-electron chi connectivity index (χ3n) is 11.6. The second-order valence-electron chi connectivity index (χ2n) is 14.8. The Bertz CT molecular complexity index is 2990. The molecule has 2 aromatic heterocycles. The molecule has 0 atom stereocenters. The second kappa shape index (κ2) is 11.3. The van der Waals surface area contributed by atoms with Crippen molar-refractivity contribution in [3.05, 3.63) is 168 Å². The quantitative estimate of drug-likeness (QED) is 0.177. The molecule has 11 rings (SSSR count). The lowest BCUT2D eigenvalue weighted by Gasteiger charge is -2.28. The largest absolute Gasteiger partial charge is 0.310 e. The van der Waals surface area contributed by atoms with Crippen molar-refractivity contribution in [1.29, 1.82) is 0 Å². The minimum atomic E-state index is 0.0517. The zero-order chi connectivity index (χ0) is 34.6. The minimum absolute atomic E-state index is 0.0517. The van der Waals surface area contributed by atoms with Crippen LogP contribution in [-0.2, 0) is 5.41 Å². The van der Waals surface area contributed by atoms with Crippen LogP contribution in [0.5, 0.6) is 0 Å². The zero-order valence-corrected chi connectivity index (χ0v) is 30.7. The van der Waals surface area contributed by atoms with Crippen LogP contribution in [0.1, 0.15) is 37.8 Å². The summed E-state index contributed by atoms with van der Waals surface area (Å²) >= 11 is 3.76. The first-order valence-electron chi connectivity index (χ1n) is 18.2. The van der Waals surface area contributed by atoms with Gasteiger partial charge in [-0.25, -0.2) is 0 Å². The molecule has 0 saturated carbocycles. The van der Waals surface area contributed by atoms with Crippen LogP contribution in [0.15, 0.2) is 157 Å². The van der Waals surface area contributed by atoms with E-state index < -0.39 is 0 Å². The number of thiophene rings is 2. The maximum Gasteiger partial charge on any atom is 0.0468 e. The number of benzene rings is 7. The summed E-state index contributed by atoms with van der Waals surface area (Å²) in [5.74, 6) is 0. The van der Waals surface area contributed by atoms with E-state index in [1.54, 1.807) is 5.57 Å². The highest BCUT2D eigenvalue weighted by Crippen LogP contribution is 2.52. The lowest BCUT2D eigenvalue weighted by Crippen LogP contribution is -2.18. The Morgan fingerprint density at radius 3 is 2.12 bits per heavy atom. The van der Waals surface area contributed by atoms with Crippen LogP contribution in [0.4, 0.5) is 17.1 Å². The number of fused-ring (bicyclic) bond motifs is 10. The van der Waals surface area contributed by atoms with E-state index in [2.05, 4.69) is 170 Å². The van der Waals surface area contributed by atoms with E-state index in [9.17, 15) is 0 Å². The maximum absolute atomic E-state index is 2.45. The first-order valence-corrected chi connectivity index (χ1v) is 19.9. The molecule has 2 aliphatic rings. The first-order chi connectivity index (χ1) is 25.5. The van der Waals surface area contributed by atoms with Crippen molar-refractivity contribution < 1.29 is 0 Å². The van der Waals surface area contributed by atoms with Gasteiger partial charge in [-0.05, 0) is 118 Å². The van der Waals surface area contributed by atoms with Crippen molar-refractivity contribution in [2.75, 3.05) is 4.90 Å². The third kappa shape index (κ3) is 4.46. The van der Waals surface area contributed by atoms with Crippen molar-refractivity contribution in [3.63, 3.8) is 0 Å². The van der Waals surface area contributed by atoms with Gasteiger partial charge in [0.1, 0.15) is 0 Å². The summed E-state index contributed by atoms with van der Waals surface area (Å²) in [6, 6.07) is 52.5. The molecule has 0 spiro atoms. The van der Waals surface area contributed by atoms with Crippen LogP contribution in [0, 0.1) is 0 Å². The van der Waals surface area contributed by atoms with E-state index in [1.165, 1.54) is 90.3 Å². The van der Waals surface area contributed by atoms with Gasteiger partial charge in [-0.3, -0.25) is 0 Å². The van der Waals surface area contributed by atoms with Gasteiger partial charge in [0.2, 0.25) is 0 Å². The normalized spacial score (nSPS) is 15.0. The number of anilines is 3. The van der Waals surface area contributed by atoms with Gasteiger partial charge in [-0.2, -0.15) is 0 Å². The van der Waals surface area contributed by atoms with Crippen LogP contribution in [0.3, 0.4) is 0 Å². The lowest BCUT2D eigenvalue weighted by atomic mass is 9.78. The minimum Gasteiger partial charge on any atom is -0.310 e. The first kappa shape index (κ1) is 30.2. The predicted molar refractivity (Wildman–Crippen MR) is 228 cm³/mol. The van der Waals surface area contributed by atoms with E-state index in [-0.39, 0.29) is 5.41 Å². The highest BCUT2D eigenvalue weighted by Gasteiger charge is 2.37. The topological polar surface area (TPSA) is 3.24 Å². The van der Waals surface area contributed by atoms with Gasteiger partial charge in [0.25, 0.3) is 0 Å². The number of hydrogen-bond acceptors (Lipinski definition) is 3. The molecule has 0 fully saturated rings. The second-order valence-corrected chi connectivity index (χ2v) is 17.0. The molecular weight excluding hydrogens is 667 g/mol. The molecule has 52 heavy (non-hydrogen) atoms. The number of rotatable bonds is 4. The molecule has 2 aliphatic carbocycles. The smallest absolute Gasteiger partial charge is 0.0468 e. The molecule has 9 aromatic rings. The third-order valence-corrected chi connectivity index (χ3v) is 13.9. The summed E-state index contributed by atoms with van der Waals surface area (Å²) in [7, 11) is 0. The summed E-state index contributed by atoms with van der Waals surface area (Å²) in [4.78, 5) is 2.45. The molecule has 0 radical (unpaired) electrons. The van der Waals surface area contributed by atoms with Gasteiger partial charge in [0, 0.05) is 62.8 Å². The maximum atomic E-state index is 2.45. The molecular formula is C49H35NS2. The SMILES string of the molecule is CC1(C)C2=C(C=CCC2)c2cc(N(c3ccc(-c4ccc5sc6ccc7ccccc7c6c5c4)cc3)c3ccc4sc5ccccc5c4c3)ccc21. The molecule has 1 nitrogen and oxygen atoms in total. The van der Waals surface area contributed by atoms with Crippen LogP contribution in [0.25, 0.3) is 67.8 Å². The molecule has 248 valence electrons.